The zero-order valence-corrected chi connectivity index (χ0v) is 45.4. The molecule has 2 N–H and O–H groups in total. The molecule has 14 aromatic rings. The lowest BCUT2D eigenvalue weighted by Gasteiger charge is -2.26. The first-order valence-electron chi connectivity index (χ1n) is 27.9. The number of hydrogen-bond acceptors (Lipinski definition) is 5. The third kappa shape index (κ3) is 9.86. The molecule has 0 saturated carbocycles. The summed E-state index contributed by atoms with van der Waals surface area (Å²) in [6.07, 6.45) is 6.72. The van der Waals surface area contributed by atoms with E-state index in [9.17, 15) is 5.11 Å². The maximum Gasteiger partial charge on any atom is 0.159 e. The fourth-order valence-corrected chi connectivity index (χ4v) is 11.5. The predicted octanol–water partition coefficient (Wildman–Crippen LogP) is 22.1. The van der Waals surface area contributed by atoms with Crippen molar-refractivity contribution in [1.29, 1.82) is 0 Å². The van der Waals surface area contributed by atoms with Crippen molar-refractivity contribution in [3.05, 3.63) is 303 Å². The van der Waals surface area contributed by atoms with Crippen LogP contribution in [0.5, 0.6) is 5.75 Å². The normalized spacial score (nSPS) is 11.8. The molecule has 1 unspecified atom stereocenters. The minimum absolute atomic E-state index is 0.205. The molecule has 0 radical (unpaired) electrons. The van der Waals surface area contributed by atoms with Gasteiger partial charge in [0.2, 0.25) is 0 Å². The molecule has 0 aliphatic carbocycles. The number of rotatable bonds is 13. The third-order valence-corrected chi connectivity index (χ3v) is 15.5. The number of phenols is 1. The van der Waals surface area contributed by atoms with Crippen molar-refractivity contribution in [2.75, 3.05) is 10.2 Å². The summed E-state index contributed by atoms with van der Waals surface area (Å²) < 4.78 is 13.7. The smallest absolute Gasteiger partial charge is 0.159 e. The highest BCUT2D eigenvalue weighted by atomic mass is 16.3. The number of allylic oxidation sites excluding steroid dienone is 3. The van der Waals surface area contributed by atoms with Crippen molar-refractivity contribution in [2.45, 2.75) is 19.3 Å². The van der Waals surface area contributed by atoms with E-state index in [1.807, 2.05) is 66.7 Å². The van der Waals surface area contributed by atoms with E-state index >= 15 is 0 Å². The van der Waals surface area contributed by atoms with Crippen molar-refractivity contribution < 1.29 is 13.9 Å². The third-order valence-electron chi connectivity index (χ3n) is 15.5. The van der Waals surface area contributed by atoms with Gasteiger partial charge < -0.3 is 24.2 Å². The van der Waals surface area contributed by atoms with Gasteiger partial charge >= 0.3 is 0 Å². The summed E-state index contributed by atoms with van der Waals surface area (Å²) in [5.41, 5.74) is 18.1. The molecule has 0 spiro atoms. The second-order valence-electron chi connectivity index (χ2n) is 20.5. The standard InChI is InChI=1S/C58H38N2O2.C19H20O/c1-4-14-38(15-5-1)40-26-30-43(31-27-40)59-52-37-55-56(48-21-11-10-20-47(48)52)51-36-45(34-35-54(51)61-55)60(44-32-28-41(29-33-44)39-16-6-2-7-17-39)53-25-13-24-50-49-23-12-22-46(57(49)62-58(50)53)42-18-8-3-9-19-42;1-3-5-10-15(4-2)17-13-9-14-18(19(17)20)16-11-7-6-8-12-16/h1-37,59H;3,5-15,20H,1,4H2,2H3/b;10-5-. The van der Waals surface area contributed by atoms with E-state index in [2.05, 4.69) is 242 Å². The molecule has 0 bridgehead atoms. The molecule has 394 valence electrons. The van der Waals surface area contributed by atoms with E-state index in [-0.39, 0.29) is 5.92 Å². The van der Waals surface area contributed by atoms with Gasteiger partial charge in [-0.2, -0.15) is 0 Å². The summed E-state index contributed by atoms with van der Waals surface area (Å²) in [6.45, 7) is 5.82. The molecule has 2 heterocycles. The van der Waals surface area contributed by atoms with Crippen LogP contribution in [0.15, 0.2) is 307 Å². The number of fused-ring (bicyclic) bond motifs is 8. The molecule has 2 aromatic heterocycles. The molecule has 0 fully saturated rings. The summed E-state index contributed by atoms with van der Waals surface area (Å²) in [5, 5.41) is 20.8. The van der Waals surface area contributed by atoms with E-state index in [0.717, 1.165) is 123 Å². The summed E-state index contributed by atoms with van der Waals surface area (Å²) in [4.78, 5) is 2.32. The Balaban J connectivity index is 0.000000268. The quantitative estimate of drug-likeness (QED) is 0.113. The van der Waals surface area contributed by atoms with Crippen molar-refractivity contribution in [1.82, 2.24) is 0 Å². The zero-order valence-electron chi connectivity index (χ0n) is 45.4. The Bertz CT molecular complexity index is 4580. The van der Waals surface area contributed by atoms with Gasteiger partial charge in [-0.15, -0.1) is 0 Å². The van der Waals surface area contributed by atoms with Crippen LogP contribution in [0, 0.1) is 0 Å². The molecule has 0 amide bonds. The highest BCUT2D eigenvalue weighted by molar-refractivity contribution is 6.23. The molecular formula is C77H58N2O3. The lowest BCUT2D eigenvalue weighted by Crippen LogP contribution is -2.10. The van der Waals surface area contributed by atoms with Gasteiger partial charge in [-0.05, 0) is 93.7 Å². The number of nitrogens with zero attached hydrogens (tertiary/aromatic N) is 1. The number of benzene rings is 12. The Morgan fingerprint density at radius 2 is 0.976 bits per heavy atom. The first-order chi connectivity index (χ1) is 40.5. The number of nitrogens with one attached hydrogen (secondary N) is 1. The van der Waals surface area contributed by atoms with Gasteiger partial charge in [0.15, 0.2) is 5.58 Å². The average Bonchev–Trinajstić information content (AvgIpc) is 4.30. The Morgan fingerprint density at radius 3 is 1.62 bits per heavy atom. The largest absolute Gasteiger partial charge is 0.507 e. The molecule has 0 aliphatic heterocycles. The van der Waals surface area contributed by atoms with Gasteiger partial charge in [0.25, 0.3) is 0 Å². The number of anilines is 5. The maximum atomic E-state index is 10.6. The van der Waals surface area contributed by atoms with Crippen LogP contribution in [-0.4, -0.2) is 5.11 Å². The van der Waals surface area contributed by atoms with Gasteiger partial charge in [-0.3, -0.25) is 0 Å². The Morgan fingerprint density at radius 1 is 0.451 bits per heavy atom. The number of aromatic hydroxyl groups is 1. The first kappa shape index (κ1) is 50.9. The van der Waals surface area contributed by atoms with E-state index in [1.165, 1.54) is 16.7 Å². The van der Waals surface area contributed by atoms with E-state index in [1.54, 1.807) is 6.08 Å². The highest BCUT2D eigenvalue weighted by Crippen LogP contribution is 2.47. The number of furan rings is 2. The molecule has 82 heavy (non-hydrogen) atoms. The molecule has 12 aromatic carbocycles. The van der Waals surface area contributed by atoms with Crippen molar-refractivity contribution in [2.24, 2.45) is 0 Å². The fraction of sp³-hybridized carbons (Fsp3) is 0.0390. The molecule has 5 heteroatoms. The summed E-state index contributed by atoms with van der Waals surface area (Å²) in [7, 11) is 0. The van der Waals surface area contributed by atoms with Crippen LogP contribution in [0.1, 0.15) is 24.8 Å². The molecule has 1 atom stereocenters. The van der Waals surface area contributed by atoms with E-state index < -0.39 is 0 Å². The minimum Gasteiger partial charge on any atom is -0.507 e. The molecule has 0 saturated heterocycles. The van der Waals surface area contributed by atoms with Gasteiger partial charge in [0.1, 0.15) is 22.5 Å². The topological polar surface area (TPSA) is 61.8 Å². The molecule has 0 aliphatic rings. The highest BCUT2D eigenvalue weighted by Gasteiger charge is 2.23. The van der Waals surface area contributed by atoms with Crippen LogP contribution in [0.2, 0.25) is 0 Å². The number of phenolic OH excluding ortho intramolecular Hbond substituents is 1. The average molecular weight is 1060 g/mol. The van der Waals surface area contributed by atoms with Crippen LogP contribution in [0.25, 0.3) is 99.2 Å². The second-order valence-corrected chi connectivity index (χ2v) is 20.5. The van der Waals surface area contributed by atoms with Gasteiger partial charge in [-0.1, -0.05) is 250 Å². The summed E-state index contributed by atoms with van der Waals surface area (Å²) in [6, 6.07) is 94.9. The minimum atomic E-state index is 0.205. The fourth-order valence-electron chi connectivity index (χ4n) is 11.5. The van der Waals surface area contributed by atoms with Crippen LogP contribution >= 0.6 is 0 Å². The first-order valence-corrected chi connectivity index (χ1v) is 27.9. The van der Waals surface area contributed by atoms with E-state index in [0.29, 0.717) is 5.75 Å². The summed E-state index contributed by atoms with van der Waals surface area (Å²) in [5.74, 6) is 0.580. The van der Waals surface area contributed by atoms with Crippen LogP contribution in [0.4, 0.5) is 28.4 Å². The van der Waals surface area contributed by atoms with Crippen molar-refractivity contribution in [3.8, 4) is 50.3 Å². The van der Waals surface area contributed by atoms with Crippen LogP contribution in [-0.2, 0) is 0 Å². The monoisotopic (exact) mass is 1060 g/mol. The lowest BCUT2D eigenvalue weighted by atomic mass is 9.91. The summed E-state index contributed by atoms with van der Waals surface area (Å²) >= 11 is 0. The molecule has 5 nitrogen and oxygen atoms in total. The van der Waals surface area contributed by atoms with Crippen LogP contribution in [0.3, 0.4) is 0 Å². The Kier molecular flexibility index (Phi) is 14.0. The maximum absolute atomic E-state index is 10.6. The van der Waals surface area contributed by atoms with Gasteiger partial charge in [0, 0.05) is 72.7 Å². The molecular weight excluding hydrogens is 1000 g/mol. The van der Waals surface area contributed by atoms with Gasteiger partial charge in [0.05, 0.1) is 11.4 Å². The van der Waals surface area contributed by atoms with Crippen molar-refractivity contribution >= 4 is 83.1 Å². The Hall–Kier alpha value is -10.6. The van der Waals surface area contributed by atoms with E-state index in [4.69, 9.17) is 8.83 Å². The number of hydrogen-bond donors (Lipinski definition) is 2. The second kappa shape index (κ2) is 22.6. The lowest BCUT2D eigenvalue weighted by molar-refractivity contribution is 0.466. The van der Waals surface area contributed by atoms with Crippen LogP contribution < -0.4 is 10.2 Å². The Labute approximate surface area is 477 Å². The van der Waals surface area contributed by atoms with Crippen molar-refractivity contribution in [3.63, 3.8) is 0 Å². The SMILES string of the molecule is C=C/C=C\C(CC)c1cccc(-c2ccccc2)c1O.c1ccc(-c2ccc(Nc3cc4oc5ccc(N(c6ccc(-c7ccccc7)cc6)c6cccc7c6oc6c(-c8ccccc8)cccc67)cc5c4c4ccccc34)cc2)cc1. The predicted molar refractivity (Wildman–Crippen MR) is 345 cm³/mol. The zero-order chi connectivity index (χ0) is 55.4. The number of para-hydroxylation sites is 3. The van der Waals surface area contributed by atoms with Gasteiger partial charge in [-0.25, -0.2) is 0 Å². The molecule has 14 rings (SSSR count).